The molecule has 0 bridgehead atoms. The highest BCUT2D eigenvalue weighted by molar-refractivity contribution is 5.54. The summed E-state index contributed by atoms with van der Waals surface area (Å²) in [6, 6.07) is 5.08. The van der Waals surface area contributed by atoms with E-state index in [4.69, 9.17) is 9.47 Å². The fourth-order valence-electron chi connectivity index (χ4n) is 7.05. The third kappa shape index (κ3) is 5.66. The fourth-order valence-corrected chi connectivity index (χ4v) is 7.05. The molecule has 2 aromatic carbocycles. The molecule has 2 aliphatic carbocycles. The topological polar surface area (TPSA) is 18.5 Å². The van der Waals surface area contributed by atoms with Gasteiger partial charge in [-0.3, -0.25) is 0 Å². The summed E-state index contributed by atoms with van der Waals surface area (Å²) in [4.78, 5) is 0. The van der Waals surface area contributed by atoms with Crippen molar-refractivity contribution in [2.75, 3.05) is 6.61 Å². The number of aryl methyl sites for hydroxylation is 1. The summed E-state index contributed by atoms with van der Waals surface area (Å²) in [5.41, 5.74) is 1.52. The van der Waals surface area contributed by atoms with E-state index in [0.29, 0.717) is 48.5 Å². The molecule has 0 radical (unpaired) electrons. The average molecular weight is 515 g/mol. The largest absolute Gasteiger partial charge is 0.490 e. The number of halogens is 3. The second-order valence-corrected chi connectivity index (χ2v) is 11.7. The average Bonchev–Trinajstić information content (AvgIpc) is 2.92. The van der Waals surface area contributed by atoms with Crippen molar-refractivity contribution in [3.8, 4) is 17.2 Å². The summed E-state index contributed by atoms with van der Waals surface area (Å²) in [5, 5.41) is 0. The van der Waals surface area contributed by atoms with Crippen molar-refractivity contribution in [1.29, 1.82) is 0 Å². The Labute approximate surface area is 219 Å². The smallest absolute Gasteiger partial charge is 0.207 e. The third-order valence-electron chi connectivity index (χ3n) is 9.18. The van der Waals surface area contributed by atoms with E-state index in [1.807, 2.05) is 6.92 Å². The van der Waals surface area contributed by atoms with Crippen LogP contribution in [0.25, 0.3) is 0 Å². The molecule has 37 heavy (non-hydrogen) atoms. The highest BCUT2D eigenvalue weighted by atomic mass is 19.2. The molecule has 2 nitrogen and oxygen atoms in total. The van der Waals surface area contributed by atoms with Gasteiger partial charge in [-0.1, -0.05) is 52.0 Å². The minimum Gasteiger partial charge on any atom is -0.490 e. The molecule has 0 unspecified atom stereocenters. The molecule has 0 atom stereocenters. The first-order chi connectivity index (χ1) is 18.0. The molecule has 2 saturated carbocycles. The molecule has 0 spiro atoms. The maximum absolute atomic E-state index is 15.4. The highest BCUT2D eigenvalue weighted by Crippen LogP contribution is 2.45. The maximum Gasteiger partial charge on any atom is 0.207 e. The Balaban J connectivity index is 1.17. The van der Waals surface area contributed by atoms with Gasteiger partial charge in [0.2, 0.25) is 11.6 Å². The van der Waals surface area contributed by atoms with Gasteiger partial charge in [0.05, 0.1) is 6.61 Å². The Hall–Kier alpha value is -2.17. The van der Waals surface area contributed by atoms with E-state index in [2.05, 4.69) is 6.92 Å². The molecule has 2 fully saturated rings. The van der Waals surface area contributed by atoms with Gasteiger partial charge >= 0.3 is 0 Å². The van der Waals surface area contributed by atoms with Crippen LogP contribution in [-0.4, -0.2) is 6.61 Å². The second kappa shape index (κ2) is 11.7. The molecule has 0 saturated heterocycles. The van der Waals surface area contributed by atoms with E-state index in [-0.39, 0.29) is 17.2 Å². The molecule has 1 aliphatic heterocycles. The van der Waals surface area contributed by atoms with Crippen molar-refractivity contribution in [2.45, 2.75) is 97.3 Å². The molecular weight excluding hydrogens is 473 g/mol. The van der Waals surface area contributed by atoms with Gasteiger partial charge in [-0.05, 0) is 86.3 Å². The lowest BCUT2D eigenvalue weighted by Crippen LogP contribution is -2.27. The fraction of sp³-hybridized carbons (Fsp3) is 0.625. The van der Waals surface area contributed by atoms with Crippen LogP contribution in [0.15, 0.2) is 18.2 Å². The van der Waals surface area contributed by atoms with Crippen LogP contribution >= 0.6 is 0 Å². The second-order valence-electron chi connectivity index (χ2n) is 11.7. The normalized spacial score (nSPS) is 25.2. The minimum absolute atomic E-state index is 0.0473. The number of ether oxygens (including phenoxy) is 2. The predicted molar refractivity (Wildman–Crippen MR) is 141 cm³/mol. The molecule has 3 aliphatic rings. The van der Waals surface area contributed by atoms with Gasteiger partial charge in [0.1, 0.15) is 0 Å². The number of hydrogen-bond donors (Lipinski definition) is 0. The van der Waals surface area contributed by atoms with Crippen LogP contribution in [0.2, 0.25) is 0 Å². The predicted octanol–water partition coefficient (Wildman–Crippen LogP) is 9.54. The maximum atomic E-state index is 15.4. The molecule has 0 amide bonds. The SMILES string of the molecule is CCCc1cc2c(c(F)c1F)Oc1c(ccc(OCC3CCC(C4CCC(CCC)CC4)CC3)c1F)C2. The molecule has 0 N–H and O–H groups in total. The first-order valence-electron chi connectivity index (χ1n) is 14.6. The summed E-state index contributed by atoms with van der Waals surface area (Å²) in [5.74, 6) is 0.404. The monoisotopic (exact) mass is 514 g/mol. The van der Waals surface area contributed by atoms with E-state index in [1.165, 1.54) is 51.4 Å². The molecular formula is C32H41F3O2. The van der Waals surface area contributed by atoms with Crippen LogP contribution in [0.1, 0.15) is 101 Å². The highest BCUT2D eigenvalue weighted by Gasteiger charge is 2.32. The summed E-state index contributed by atoms with van der Waals surface area (Å²) in [6.45, 7) is 4.69. The van der Waals surface area contributed by atoms with Crippen LogP contribution in [0, 0.1) is 41.1 Å². The van der Waals surface area contributed by atoms with Gasteiger partial charge in [-0.2, -0.15) is 8.78 Å². The zero-order valence-corrected chi connectivity index (χ0v) is 22.4. The number of fused-ring (bicyclic) bond motifs is 2. The van der Waals surface area contributed by atoms with E-state index in [1.54, 1.807) is 18.2 Å². The Morgan fingerprint density at radius 3 is 2.05 bits per heavy atom. The van der Waals surface area contributed by atoms with Gasteiger partial charge in [-0.25, -0.2) is 4.39 Å². The zero-order valence-electron chi connectivity index (χ0n) is 22.4. The van der Waals surface area contributed by atoms with Gasteiger partial charge in [-0.15, -0.1) is 0 Å². The van der Waals surface area contributed by atoms with E-state index in [0.717, 1.165) is 30.6 Å². The molecule has 5 rings (SSSR count). The Morgan fingerprint density at radius 1 is 0.757 bits per heavy atom. The molecule has 202 valence electrons. The van der Waals surface area contributed by atoms with Gasteiger partial charge in [0, 0.05) is 17.5 Å². The van der Waals surface area contributed by atoms with Crippen molar-refractivity contribution >= 4 is 0 Å². The Morgan fingerprint density at radius 2 is 1.41 bits per heavy atom. The van der Waals surface area contributed by atoms with E-state index < -0.39 is 17.5 Å². The van der Waals surface area contributed by atoms with Crippen molar-refractivity contribution in [1.82, 2.24) is 0 Å². The van der Waals surface area contributed by atoms with Crippen molar-refractivity contribution < 1.29 is 22.6 Å². The third-order valence-corrected chi connectivity index (χ3v) is 9.18. The Kier molecular flexibility index (Phi) is 8.36. The van der Waals surface area contributed by atoms with Crippen LogP contribution in [-0.2, 0) is 12.8 Å². The quantitative estimate of drug-likeness (QED) is 0.298. The number of benzene rings is 2. The number of rotatable bonds is 8. The van der Waals surface area contributed by atoms with Crippen LogP contribution < -0.4 is 9.47 Å². The Bertz CT molecular complexity index is 1080. The van der Waals surface area contributed by atoms with E-state index in [9.17, 15) is 8.78 Å². The molecule has 1 heterocycles. The summed E-state index contributed by atoms with van der Waals surface area (Å²) in [6.07, 6.45) is 14.5. The zero-order chi connectivity index (χ0) is 25.9. The first kappa shape index (κ1) is 26.4. The van der Waals surface area contributed by atoms with Crippen LogP contribution in [0.4, 0.5) is 13.2 Å². The lowest BCUT2D eigenvalue weighted by atomic mass is 9.69. The minimum atomic E-state index is -1.03. The van der Waals surface area contributed by atoms with E-state index >= 15 is 4.39 Å². The van der Waals surface area contributed by atoms with Crippen LogP contribution in [0.3, 0.4) is 0 Å². The van der Waals surface area contributed by atoms with Crippen molar-refractivity contribution in [3.63, 3.8) is 0 Å². The molecule has 5 heteroatoms. The lowest BCUT2D eigenvalue weighted by Gasteiger charge is -2.37. The lowest BCUT2D eigenvalue weighted by molar-refractivity contribution is 0.120. The van der Waals surface area contributed by atoms with Crippen molar-refractivity contribution in [2.24, 2.45) is 23.7 Å². The van der Waals surface area contributed by atoms with Crippen molar-refractivity contribution in [3.05, 3.63) is 52.3 Å². The summed E-state index contributed by atoms with van der Waals surface area (Å²) < 4.78 is 56.1. The van der Waals surface area contributed by atoms with Gasteiger partial charge in [0.25, 0.3) is 0 Å². The number of hydrogen-bond acceptors (Lipinski definition) is 2. The van der Waals surface area contributed by atoms with Crippen LogP contribution in [0.5, 0.6) is 17.2 Å². The van der Waals surface area contributed by atoms with Gasteiger partial charge in [0.15, 0.2) is 23.1 Å². The summed E-state index contributed by atoms with van der Waals surface area (Å²) >= 11 is 0. The standard InChI is InChI=1S/C32H41F3O2/c1-3-5-20-7-11-22(12-8-20)23-13-9-21(10-14-23)19-36-27-16-15-25-18-26-17-24(6-4-2)28(33)30(35)32(26)37-31(25)29(27)34/h15-17,20-23H,3-14,18-19H2,1-2H3. The van der Waals surface area contributed by atoms with Gasteiger partial charge < -0.3 is 9.47 Å². The molecule has 0 aromatic heterocycles. The summed E-state index contributed by atoms with van der Waals surface area (Å²) in [7, 11) is 0. The molecule has 2 aromatic rings. The first-order valence-corrected chi connectivity index (χ1v) is 14.6.